The zero-order chi connectivity index (χ0) is 12.3. The molecule has 1 aromatic heterocycles. The van der Waals surface area contributed by atoms with Crippen molar-refractivity contribution in [3.63, 3.8) is 0 Å². The highest BCUT2D eigenvalue weighted by Gasteiger charge is 2.22. The zero-order valence-electron chi connectivity index (χ0n) is 10.5. The maximum Gasteiger partial charge on any atom is 0.223 e. The predicted molar refractivity (Wildman–Crippen MR) is 71.2 cm³/mol. The second-order valence-corrected chi connectivity index (χ2v) is 6.02. The van der Waals surface area contributed by atoms with E-state index in [1.807, 2.05) is 0 Å². The molecule has 1 amide bonds. The van der Waals surface area contributed by atoms with E-state index < -0.39 is 0 Å². The molecule has 2 rings (SSSR count). The number of carbonyl (C=O) groups is 1. The lowest BCUT2D eigenvalue weighted by atomic mass is 9.97. The number of hydrogen-bond acceptors (Lipinski definition) is 3. The molecule has 0 radical (unpaired) electrons. The maximum atomic E-state index is 12.1. The first-order valence-electron chi connectivity index (χ1n) is 6.24. The largest absolute Gasteiger partial charge is 0.349 e. The van der Waals surface area contributed by atoms with Crippen LogP contribution < -0.4 is 10.6 Å². The Bertz CT molecular complexity index is 383. The van der Waals surface area contributed by atoms with E-state index in [1.165, 1.54) is 9.75 Å². The van der Waals surface area contributed by atoms with Crippen LogP contribution in [-0.2, 0) is 4.79 Å². The summed E-state index contributed by atoms with van der Waals surface area (Å²) in [6.07, 6.45) is 1.92. The molecule has 0 aliphatic carbocycles. The van der Waals surface area contributed by atoms with Gasteiger partial charge in [-0.05, 0) is 51.9 Å². The molecule has 1 fully saturated rings. The van der Waals surface area contributed by atoms with Crippen molar-refractivity contribution in [3.05, 3.63) is 21.9 Å². The number of nitrogens with one attached hydrogen (secondary N) is 2. The molecule has 1 aliphatic heterocycles. The van der Waals surface area contributed by atoms with Crippen LogP contribution in [0.3, 0.4) is 0 Å². The van der Waals surface area contributed by atoms with Gasteiger partial charge in [-0.2, -0.15) is 0 Å². The van der Waals surface area contributed by atoms with Gasteiger partial charge >= 0.3 is 0 Å². The number of piperidine rings is 1. The molecule has 1 aromatic rings. The third-order valence-corrected chi connectivity index (χ3v) is 4.44. The van der Waals surface area contributed by atoms with Crippen LogP contribution in [0.4, 0.5) is 0 Å². The zero-order valence-corrected chi connectivity index (χ0v) is 11.3. The van der Waals surface area contributed by atoms with Crippen LogP contribution in [-0.4, -0.2) is 19.0 Å². The first-order valence-corrected chi connectivity index (χ1v) is 7.06. The Morgan fingerprint density at radius 1 is 1.47 bits per heavy atom. The van der Waals surface area contributed by atoms with Crippen molar-refractivity contribution in [1.29, 1.82) is 0 Å². The first-order chi connectivity index (χ1) is 8.16. The van der Waals surface area contributed by atoms with Crippen molar-refractivity contribution in [1.82, 2.24) is 10.6 Å². The molecule has 94 valence electrons. The quantitative estimate of drug-likeness (QED) is 0.866. The molecule has 4 heteroatoms. The third kappa shape index (κ3) is 3.30. The first kappa shape index (κ1) is 12.6. The van der Waals surface area contributed by atoms with Gasteiger partial charge < -0.3 is 10.6 Å². The van der Waals surface area contributed by atoms with Crippen LogP contribution in [0.1, 0.15) is 35.6 Å². The van der Waals surface area contributed by atoms with E-state index in [2.05, 4.69) is 36.6 Å². The second kappa shape index (κ2) is 5.65. The average molecular weight is 252 g/mol. The summed E-state index contributed by atoms with van der Waals surface area (Å²) in [5.74, 6) is 0.407. The van der Waals surface area contributed by atoms with Crippen LogP contribution in [0, 0.1) is 12.8 Å². The molecule has 3 nitrogen and oxygen atoms in total. The molecular formula is C13H20N2OS. The lowest BCUT2D eigenvalue weighted by molar-refractivity contribution is -0.126. The topological polar surface area (TPSA) is 41.1 Å². The van der Waals surface area contributed by atoms with Crippen LogP contribution in [0.15, 0.2) is 12.1 Å². The molecule has 0 aromatic carbocycles. The maximum absolute atomic E-state index is 12.1. The number of amides is 1. The fourth-order valence-corrected chi connectivity index (χ4v) is 3.05. The standard InChI is InChI=1S/C13H20N2OS/c1-9-3-4-12(17-9)10(2)15-13(16)11-5-7-14-8-6-11/h3-4,10-11,14H,5-8H2,1-2H3,(H,15,16). The Hall–Kier alpha value is -0.870. The van der Waals surface area contributed by atoms with Gasteiger partial charge in [-0.1, -0.05) is 0 Å². The van der Waals surface area contributed by atoms with E-state index >= 15 is 0 Å². The minimum Gasteiger partial charge on any atom is -0.349 e. The summed E-state index contributed by atoms with van der Waals surface area (Å²) in [6, 6.07) is 4.34. The van der Waals surface area contributed by atoms with Gasteiger partial charge in [0.2, 0.25) is 5.91 Å². The summed E-state index contributed by atoms with van der Waals surface area (Å²) in [5.41, 5.74) is 0. The van der Waals surface area contributed by atoms with Crippen molar-refractivity contribution in [2.45, 2.75) is 32.7 Å². The predicted octanol–water partition coefficient (Wildman–Crippen LogP) is 2.23. The highest BCUT2D eigenvalue weighted by Crippen LogP contribution is 2.23. The molecule has 0 spiro atoms. The number of hydrogen-bond donors (Lipinski definition) is 2. The van der Waals surface area contributed by atoms with Crippen molar-refractivity contribution in [3.8, 4) is 0 Å². The summed E-state index contributed by atoms with van der Waals surface area (Å²) in [7, 11) is 0. The molecule has 17 heavy (non-hydrogen) atoms. The SMILES string of the molecule is Cc1ccc(C(C)NC(=O)C2CCNCC2)s1. The van der Waals surface area contributed by atoms with Gasteiger partial charge in [0, 0.05) is 15.7 Å². The Morgan fingerprint density at radius 2 is 2.18 bits per heavy atom. The van der Waals surface area contributed by atoms with Gasteiger partial charge in [0.05, 0.1) is 6.04 Å². The summed E-state index contributed by atoms with van der Waals surface area (Å²) in [4.78, 5) is 14.6. The minimum absolute atomic E-state index is 0.135. The molecule has 1 saturated heterocycles. The van der Waals surface area contributed by atoms with Gasteiger partial charge in [0.25, 0.3) is 0 Å². The number of aryl methyl sites for hydroxylation is 1. The molecule has 0 saturated carbocycles. The van der Waals surface area contributed by atoms with E-state index in [1.54, 1.807) is 11.3 Å². The van der Waals surface area contributed by atoms with Crippen LogP contribution in [0.25, 0.3) is 0 Å². The summed E-state index contributed by atoms with van der Waals surface area (Å²) in [6.45, 7) is 6.08. The molecular weight excluding hydrogens is 232 g/mol. The van der Waals surface area contributed by atoms with Crippen molar-refractivity contribution < 1.29 is 4.79 Å². The molecule has 0 bridgehead atoms. The smallest absolute Gasteiger partial charge is 0.223 e. The third-order valence-electron chi connectivity index (χ3n) is 3.26. The van der Waals surface area contributed by atoms with E-state index in [0.29, 0.717) is 0 Å². The molecule has 2 heterocycles. The van der Waals surface area contributed by atoms with Gasteiger partial charge in [-0.15, -0.1) is 11.3 Å². The Morgan fingerprint density at radius 3 is 2.76 bits per heavy atom. The van der Waals surface area contributed by atoms with Gasteiger partial charge in [-0.3, -0.25) is 4.79 Å². The Balaban J connectivity index is 1.89. The van der Waals surface area contributed by atoms with E-state index in [-0.39, 0.29) is 17.9 Å². The Labute approximate surface area is 107 Å². The second-order valence-electron chi connectivity index (χ2n) is 4.70. The fourth-order valence-electron chi connectivity index (χ4n) is 2.17. The van der Waals surface area contributed by atoms with Crippen LogP contribution in [0.2, 0.25) is 0 Å². The molecule has 1 aliphatic rings. The van der Waals surface area contributed by atoms with Crippen LogP contribution in [0.5, 0.6) is 0 Å². The molecule has 1 atom stereocenters. The number of thiophene rings is 1. The monoisotopic (exact) mass is 252 g/mol. The van der Waals surface area contributed by atoms with Crippen molar-refractivity contribution >= 4 is 17.2 Å². The molecule has 2 N–H and O–H groups in total. The van der Waals surface area contributed by atoms with Gasteiger partial charge in [-0.25, -0.2) is 0 Å². The number of carbonyl (C=O) groups excluding carboxylic acids is 1. The highest BCUT2D eigenvalue weighted by atomic mass is 32.1. The summed E-state index contributed by atoms with van der Waals surface area (Å²) >= 11 is 1.76. The summed E-state index contributed by atoms with van der Waals surface area (Å²) in [5, 5.41) is 6.40. The Kier molecular flexibility index (Phi) is 4.18. The summed E-state index contributed by atoms with van der Waals surface area (Å²) < 4.78 is 0. The van der Waals surface area contributed by atoms with E-state index in [0.717, 1.165) is 25.9 Å². The van der Waals surface area contributed by atoms with Crippen molar-refractivity contribution in [2.75, 3.05) is 13.1 Å². The molecule has 1 unspecified atom stereocenters. The number of rotatable bonds is 3. The van der Waals surface area contributed by atoms with Crippen LogP contribution >= 0.6 is 11.3 Å². The lowest BCUT2D eigenvalue weighted by Crippen LogP contribution is -2.38. The average Bonchev–Trinajstić information content (AvgIpc) is 2.77. The van der Waals surface area contributed by atoms with Gasteiger partial charge in [0.1, 0.15) is 0 Å². The fraction of sp³-hybridized carbons (Fsp3) is 0.615. The lowest BCUT2D eigenvalue weighted by Gasteiger charge is -2.23. The minimum atomic E-state index is 0.135. The normalized spacial score (nSPS) is 18.9. The van der Waals surface area contributed by atoms with Crippen molar-refractivity contribution in [2.24, 2.45) is 5.92 Å². The van der Waals surface area contributed by atoms with E-state index in [9.17, 15) is 4.79 Å². The van der Waals surface area contributed by atoms with Gasteiger partial charge in [0.15, 0.2) is 0 Å². The van der Waals surface area contributed by atoms with E-state index in [4.69, 9.17) is 0 Å². The highest BCUT2D eigenvalue weighted by molar-refractivity contribution is 7.12.